The van der Waals surface area contributed by atoms with Crippen molar-refractivity contribution >= 4 is 39.3 Å². The monoisotopic (exact) mass is 395 g/mol. The molecule has 2 rings (SSSR count). The predicted molar refractivity (Wildman–Crippen MR) is 95.4 cm³/mol. The van der Waals surface area contributed by atoms with E-state index in [0.29, 0.717) is 24.0 Å². The minimum absolute atomic E-state index is 0.0394. The van der Waals surface area contributed by atoms with E-state index in [1.54, 1.807) is 38.1 Å². The number of alkyl halides is 1. The van der Waals surface area contributed by atoms with Crippen LogP contribution in [0.25, 0.3) is 0 Å². The Kier molecular flexibility index (Phi) is 7.48. The summed E-state index contributed by atoms with van der Waals surface area (Å²) < 4.78 is 0. The number of carbonyl (C=O) groups excluding carboxylic acids is 4. The zero-order valence-electron chi connectivity index (χ0n) is 14.3. The molecular formula is C18H22BrNO4. The third-order valence-electron chi connectivity index (χ3n) is 3.82. The van der Waals surface area contributed by atoms with Crippen LogP contribution in [-0.2, 0) is 9.59 Å². The number of rotatable bonds is 5. The number of hydrogen-bond acceptors (Lipinski definition) is 4. The molecule has 1 aromatic carbocycles. The Hall–Kier alpha value is -1.82. The molecule has 0 N–H and O–H groups in total. The molecule has 0 aromatic heterocycles. The molecule has 0 bridgehead atoms. The molecule has 0 aliphatic carbocycles. The predicted octanol–water partition coefficient (Wildman–Crippen LogP) is 3.40. The zero-order chi connectivity index (χ0) is 18.4. The molecular weight excluding hydrogens is 374 g/mol. The Morgan fingerprint density at radius 2 is 1.38 bits per heavy atom. The number of hydrogen-bond donors (Lipinski definition) is 0. The first-order valence-corrected chi connectivity index (χ1v) is 8.84. The largest absolute Gasteiger partial charge is 0.298 e. The van der Waals surface area contributed by atoms with Gasteiger partial charge in [-0.3, -0.25) is 24.1 Å². The average molecular weight is 396 g/mol. The smallest absolute Gasteiger partial charge is 0.262 e. The van der Waals surface area contributed by atoms with Crippen LogP contribution in [0.3, 0.4) is 0 Å². The Bertz CT molecular complexity index is 619. The second-order valence-electron chi connectivity index (χ2n) is 5.46. The van der Waals surface area contributed by atoms with E-state index in [0.717, 1.165) is 4.90 Å². The summed E-state index contributed by atoms with van der Waals surface area (Å²) in [4.78, 5) is 47.2. The molecule has 2 atom stereocenters. The summed E-state index contributed by atoms with van der Waals surface area (Å²) >= 11 is 3.15. The van der Waals surface area contributed by atoms with Crippen LogP contribution in [0.1, 0.15) is 61.3 Å². The van der Waals surface area contributed by atoms with Crippen LogP contribution in [-0.4, -0.2) is 39.1 Å². The molecule has 1 aliphatic heterocycles. The van der Waals surface area contributed by atoms with Gasteiger partial charge in [-0.25, -0.2) is 0 Å². The minimum Gasteiger partial charge on any atom is -0.298 e. The highest BCUT2D eigenvalue weighted by molar-refractivity contribution is 9.10. The van der Waals surface area contributed by atoms with Gasteiger partial charge in [-0.1, -0.05) is 41.9 Å². The zero-order valence-corrected chi connectivity index (χ0v) is 15.9. The number of nitrogens with zero attached hydrogens (tertiary/aromatic N) is 1. The summed E-state index contributed by atoms with van der Waals surface area (Å²) in [6.07, 6.45) is 0.945. The van der Waals surface area contributed by atoms with Crippen LogP contribution in [0, 0.1) is 0 Å². The number of ketones is 2. The number of carbonyl (C=O) groups is 4. The van der Waals surface area contributed by atoms with E-state index in [-0.39, 0.29) is 28.2 Å². The van der Waals surface area contributed by atoms with Crippen LogP contribution in [0.2, 0.25) is 0 Å². The maximum atomic E-state index is 12.0. The minimum atomic E-state index is -0.688. The summed E-state index contributed by atoms with van der Waals surface area (Å²) in [5, 5.41) is 0. The summed E-state index contributed by atoms with van der Waals surface area (Å²) in [7, 11) is 0. The van der Waals surface area contributed by atoms with E-state index in [9.17, 15) is 19.2 Å². The topological polar surface area (TPSA) is 71.5 Å². The Morgan fingerprint density at radius 3 is 1.67 bits per heavy atom. The lowest BCUT2D eigenvalue weighted by atomic mass is 10.1. The van der Waals surface area contributed by atoms with Gasteiger partial charge in [-0.05, 0) is 26.0 Å². The van der Waals surface area contributed by atoms with Crippen molar-refractivity contribution in [1.29, 1.82) is 0 Å². The summed E-state index contributed by atoms with van der Waals surface area (Å²) in [6.45, 7) is 7.01. The quantitative estimate of drug-likeness (QED) is 0.565. The second-order valence-corrected chi connectivity index (χ2v) is 6.83. The van der Waals surface area contributed by atoms with Crippen molar-refractivity contribution in [1.82, 2.24) is 4.90 Å². The molecule has 6 heteroatoms. The second kappa shape index (κ2) is 8.87. The van der Waals surface area contributed by atoms with Gasteiger partial charge in [-0.2, -0.15) is 0 Å². The van der Waals surface area contributed by atoms with Crippen molar-refractivity contribution in [2.24, 2.45) is 0 Å². The van der Waals surface area contributed by atoms with Gasteiger partial charge in [-0.15, -0.1) is 0 Å². The van der Waals surface area contributed by atoms with Crippen LogP contribution in [0.5, 0.6) is 0 Å². The molecule has 0 saturated carbocycles. The molecule has 2 unspecified atom stereocenters. The molecule has 2 amide bonds. The average Bonchev–Trinajstić information content (AvgIpc) is 2.84. The molecule has 1 heterocycles. The fraction of sp³-hybridized carbons (Fsp3) is 0.444. The highest BCUT2D eigenvalue weighted by Crippen LogP contribution is 2.24. The van der Waals surface area contributed by atoms with Gasteiger partial charge in [0, 0.05) is 12.8 Å². The molecule has 0 spiro atoms. The van der Waals surface area contributed by atoms with E-state index >= 15 is 0 Å². The van der Waals surface area contributed by atoms with Crippen molar-refractivity contribution in [3.8, 4) is 0 Å². The van der Waals surface area contributed by atoms with Crippen LogP contribution in [0.15, 0.2) is 24.3 Å². The molecule has 0 fully saturated rings. The van der Waals surface area contributed by atoms with Gasteiger partial charge in [0.05, 0.1) is 22.0 Å². The molecule has 5 nitrogen and oxygen atoms in total. The number of imide groups is 1. The lowest BCUT2D eigenvalue weighted by molar-refractivity contribution is -0.122. The van der Waals surface area contributed by atoms with Crippen molar-refractivity contribution < 1.29 is 19.2 Å². The SMILES string of the molecule is CCC(=O)C(C)Br.CCC(=O)C(C)N1C(=O)c2ccccc2C1=O. The van der Waals surface area contributed by atoms with E-state index in [1.807, 2.05) is 13.8 Å². The third kappa shape index (κ3) is 4.38. The normalized spacial score (nSPS) is 15.3. The van der Waals surface area contributed by atoms with Crippen LogP contribution in [0.4, 0.5) is 0 Å². The van der Waals surface area contributed by atoms with E-state index < -0.39 is 6.04 Å². The van der Waals surface area contributed by atoms with Gasteiger partial charge in [0.15, 0.2) is 5.78 Å². The Morgan fingerprint density at radius 1 is 0.958 bits per heavy atom. The van der Waals surface area contributed by atoms with Gasteiger partial charge < -0.3 is 0 Å². The molecule has 1 aromatic rings. The Labute approximate surface area is 150 Å². The number of amides is 2. The van der Waals surface area contributed by atoms with Crippen molar-refractivity contribution in [3.63, 3.8) is 0 Å². The Balaban J connectivity index is 0.000000351. The lowest BCUT2D eigenvalue weighted by Gasteiger charge is -2.20. The first-order valence-electron chi connectivity index (χ1n) is 7.92. The van der Waals surface area contributed by atoms with E-state index in [4.69, 9.17) is 0 Å². The first-order chi connectivity index (χ1) is 11.3. The molecule has 130 valence electrons. The highest BCUT2D eigenvalue weighted by atomic mass is 79.9. The van der Waals surface area contributed by atoms with Gasteiger partial charge >= 0.3 is 0 Å². The summed E-state index contributed by atoms with van der Waals surface area (Å²) in [5.74, 6) is -0.598. The third-order valence-corrected chi connectivity index (χ3v) is 4.33. The van der Waals surface area contributed by atoms with Gasteiger partial charge in [0.2, 0.25) is 0 Å². The number of Topliss-reactive ketones (excluding diaryl/α,β-unsaturated/α-hetero) is 2. The molecule has 0 saturated heterocycles. The lowest BCUT2D eigenvalue weighted by Crippen LogP contribution is -2.42. The van der Waals surface area contributed by atoms with Crippen LogP contribution >= 0.6 is 15.9 Å². The summed E-state index contributed by atoms with van der Waals surface area (Å²) in [6, 6.07) is 5.95. The maximum absolute atomic E-state index is 12.0. The fourth-order valence-corrected chi connectivity index (χ4v) is 2.60. The first kappa shape index (κ1) is 20.2. The van der Waals surface area contributed by atoms with E-state index in [1.165, 1.54) is 0 Å². The number of fused-ring (bicyclic) bond motifs is 1. The van der Waals surface area contributed by atoms with E-state index in [2.05, 4.69) is 15.9 Å². The highest BCUT2D eigenvalue weighted by Gasteiger charge is 2.39. The molecule has 0 radical (unpaired) electrons. The number of halogens is 1. The molecule has 24 heavy (non-hydrogen) atoms. The number of benzene rings is 1. The van der Waals surface area contributed by atoms with Crippen molar-refractivity contribution in [3.05, 3.63) is 35.4 Å². The maximum Gasteiger partial charge on any atom is 0.262 e. The van der Waals surface area contributed by atoms with Crippen LogP contribution < -0.4 is 0 Å². The van der Waals surface area contributed by atoms with Crippen molar-refractivity contribution in [2.45, 2.75) is 51.4 Å². The summed E-state index contributed by atoms with van der Waals surface area (Å²) in [5.41, 5.74) is 0.765. The fourth-order valence-electron chi connectivity index (χ4n) is 2.28. The standard InChI is InChI=1S/C13H13NO3.C5H9BrO/c1-3-11(15)8(2)14-12(16)9-6-4-5-7-10(9)13(14)17;1-3-5(7)4(2)6/h4-8H,3H2,1-2H3;4H,3H2,1-2H3. The molecule has 1 aliphatic rings. The van der Waals surface area contributed by atoms with Gasteiger partial charge in [0.25, 0.3) is 11.8 Å². The van der Waals surface area contributed by atoms with Crippen molar-refractivity contribution in [2.75, 3.05) is 0 Å². The van der Waals surface area contributed by atoms with Gasteiger partial charge in [0.1, 0.15) is 5.78 Å².